The molecule has 0 saturated heterocycles. The Labute approximate surface area is 166 Å². The molecule has 0 saturated carbocycles. The summed E-state index contributed by atoms with van der Waals surface area (Å²) in [6, 6.07) is 16.3. The second kappa shape index (κ2) is 8.79. The van der Waals surface area contributed by atoms with Gasteiger partial charge in [-0.05, 0) is 31.2 Å². The molecule has 1 heterocycles. The number of hydrogen-bond donors (Lipinski definition) is 2. The fourth-order valence-electron chi connectivity index (χ4n) is 2.48. The Morgan fingerprint density at radius 2 is 1.70 bits per heavy atom. The topological polar surface area (TPSA) is 71.1 Å². The molecule has 0 fully saturated rings. The first-order valence-electron chi connectivity index (χ1n) is 8.39. The van der Waals surface area contributed by atoms with Crippen molar-refractivity contribution < 1.29 is 9.59 Å². The van der Waals surface area contributed by atoms with E-state index in [1.807, 2.05) is 24.3 Å². The van der Waals surface area contributed by atoms with Crippen molar-refractivity contribution in [2.45, 2.75) is 6.92 Å². The van der Waals surface area contributed by atoms with E-state index in [0.29, 0.717) is 34.2 Å². The number of halogens is 1. The van der Waals surface area contributed by atoms with Crippen LogP contribution in [0.2, 0.25) is 5.02 Å². The van der Waals surface area contributed by atoms with E-state index in [0.717, 1.165) is 10.6 Å². The summed E-state index contributed by atoms with van der Waals surface area (Å²) >= 11 is 7.34. The van der Waals surface area contributed by atoms with Gasteiger partial charge in [-0.25, -0.2) is 4.98 Å². The minimum atomic E-state index is -0.202. The van der Waals surface area contributed by atoms with E-state index in [1.54, 1.807) is 37.3 Å². The summed E-state index contributed by atoms with van der Waals surface area (Å²) in [5.41, 5.74) is 2.14. The Bertz CT molecular complexity index is 957. The molecule has 2 aromatic carbocycles. The molecule has 0 radical (unpaired) electrons. The molecule has 27 heavy (non-hydrogen) atoms. The number of hydrogen-bond acceptors (Lipinski definition) is 4. The maximum Gasteiger partial charge on any atom is 0.263 e. The summed E-state index contributed by atoms with van der Waals surface area (Å²) < 4.78 is 0. The van der Waals surface area contributed by atoms with E-state index in [4.69, 9.17) is 11.6 Å². The highest BCUT2D eigenvalue weighted by Crippen LogP contribution is 2.29. The van der Waals surface area contributed by atoms with Gasteiger partial charge in [0.1, 0.15) is 9.88 Å². The van der Waals surface area contributed by atoms with Crippen LogP contribution in [0, 0.1) is 6.92 Å². The van der Waals surface area contributed by atoms with Crippen LogP contribution in [-0.4, -0.2) is 29.9 Å². The molecule has 0 atom stereocenters. The van der Waals surface area contributed by atoms with Gasteiger partial charge in [-0.2, -0.15) is 0 Å². The standard InChI is InChI=1S/C20H18ClN3O2S/c1-13-17(27-20(24-13)15-8-5-9-16(21)12-15)19(26)23-11-10-22-18(25)14-6-3-2-4-7-14/h2-9,12H,10-11H2,1H3,(H,22,25)(H,23,26). The van der Waals surface area contributed by atoms with Crippen LogP contribution >= 0.6 is 22.9 Å². The normalized spacial score (nSPS) is 10.4. The number of aromatic nitrogens is 1. The lowest BCUT2D eigenvalue weighted by molar-refractivity contribution is 0.0929. The molecule has 1 aromatic heterocycles. The fraction of sp³-hybridized carbons (Fsp3) is 0.150. The van der Waals surface area contributed by atoms with Crippen molar-refractivity contribution >= 4 is 34.8 Å². The van der Waals surface area contributed by atoms with Crippen molar-refractivity contribution in [2.75, 3.05) is 13.1 Å². The molecule has 0 spiro atoms. The number of thiazole rings is 1. The van der Waals surface area contributed by atoms with Crippen molar-refractivity contribution in [3.8, 4) is 10.6 Å². The molecule has 138 valence electrons. The van der Waals surface area contributed by atoms with Gasteiger partial charge < -0.3 is 10.6 Å². The molecule has 3 aromatic rings. The van der Waals surface area contributed by atoms with E-state index in [-0.39, 0.29) is 11.8 Å². The Balaban J connectivity index is 1.55. The largest absolute Gasteiger partial charge is 0.350 e. The lowest BCUT2D eigenvalue weighted by Gasteiger charge is -2.06. The van der Waals surface area contributed by atoms with Crippen LogP contribution in [0.4, 0.5) is 0 Å². The van der Waals surface area contributed by atoms with Crippen LogP contribution in [0.3, 0.4) is 0 Å². The molecule has 3 rings (SSSR count). The average Bonchev–Trinajstić information content (AvgIpc) is 3.07. The summed E-state index contributed by atoms with van der Waals surface area (Å²) in [6.45, 7) is 2.48. The number of amides is 2. The number of carbonyl (C=O) groups excluding carboxylic acids is 2. The number of benzene rings is 2. The molecule has 0 bridgehead atoms. The summed E-state index contributed by atoms with van der Waals surface area (Å²) in [7, 11) is 0. The summed E-state index contributed by atoms with van der Waals surface area (Å²) in [4.78, 5) is 29.4. The second-order valence-corrected chi connectivity index (χ2v) is 7.26. The molecule has 0 unspecified atom stereocenters. The Kier molecular flexibility index (Phi) is 6.21. The minimum absolute atomic E-state index is 0.165. The molecule has 2 N–H and O–H groups in total. The maximum absolute atomic E-state index is 12.4. The zero-order chi connectivity index (χ0) is 19.2. The van der Waals surface area contributed by atoms with Gasteiger partial charge in [-0.1, -0.05) is 41.9 Å². The Morgan fingerprint density at radius 3 is 2.41 bits per heavy atom. The first-order valence-corrected chi connectivity index (χ1v) is 9.59. The Morgan fingerprint density at radius 1 is 1.00 bits per heavy atom. The van der Waals surface area contributed by atoms with Gasteiger partial charge in [0.15, 0.2) is 0 Å². The summed E-state index contributed by atoms with van der Waals surface area (Å²) in [5.74, 6) is -0.366. The van der Waals surface area contributed by atoms with E-state index >= 15 is 0 Å². The van der Waals surface area contributed by atoms with Gasteiger partial charge >= 0.3 is 0 Å². The van der Waals surface area contributed by atoms with Gasteiger partial charge in [-0.15, -0.1) is 11.3 Å². The lowest BCUT2D eigenvalue weighted by Crippen LogP contribution is -2.34. The third-order valence-corrected chi connectivity index (χ3v) is 5.25. The maximum atomic E-state index is 12.4. The van der Waals surface area contributed by atoms with Crippen LogP contribution in [-0.2, 0) is 0 Å². The van der Waals surface area contributed by atoms with Crippen LogP contribution in [0.1, 0.15) is 25.7 Å². The molecule has 2 amide bonds. The van der Waals surface area contributed by atoms with E-state index < -0.39 is 0 Å². The van der Waals surface area contributed by atoms with E-state index in [1.165, 1.54) is 11.3 Å². The average molecular weight is 400 g/mol. The predicted molar refractivity (Wildman–Crippen MR) is 108 cm³/mol. The highest BCUT2D eigenvalue weighted by molar-refractivity contribution is 7.17. The lowest BCUT2D eigenvalue weighted by atomic mass is 10.2. The molecular weight excluding hydrogens is 382 g/mol. The molecular formula is C20H18ClN3O2S. The van der Waals surface area contributed by atoms with Gasteiger partial charge in [-0.3, -0.25) is 9.59 Å². The van der Waals surface area contributed by atoms with E-state index in [2.05, 4.69) is 15.6 Å². The van der Waals surface area contributed by atoms with Gasteiger partial charge in [0.2, 0.25) is 0 Å². The molecule has 0 aliphatic heterocycles. The van der Waals surface area contributed by atoms with Crippen molar-refractivity contribution in [3.05, 3.63) is 75.8 Å². The van der Waals surface area contributed by atoms with Crippen LogP contribution in [0.5, 0.6) is 0 Å². The quantitative estimate of drug-likeness (QED) is 0.617. The van der Waals surface area contributed by atoms with Crippen molar-refractivity contribution in [1.82, 2.24) is 15.6 Å². The van der Waals surface area contributed by atoms with Crippen LogP contribution in [0.15, 0.2) is 54.6 Å². The highest BCUT2D eigenvalue weighted by atomic mass is 35.5. The van der Waals surface area contributed by atoms with Crippen molar-refractivity contribution in [3.63, 3.8) is 0 Å². The third kappa shape index (κ3) is 4.93. The minimum Gasteiger partial charge on any atom is -0.350 e. The summed E-state index contributed by atoms with van der Waals surface area (Å²) in [5, 5.41) is 6.96. The van der Waals surface area contributed by atoms with E-state index in [9.17, 15) is 9.59 Å². The molecule has 7 heteroatoms. The molecule has 0 aliphatic rings. The Hall–Kier alpha value is -2.70. The highest BCUT2D eigenvalue weighted by Gasteiger charge is 2.16. The number of aryl methyl sites for hydroxylation is 1. The third-order valence-electron chi connectivity index (χ3n) is 3.81. The monoisotopic (exact) mass is 399 g/mol. The number of rotatable bonds is 6. The second-order valence-electron chi connectivity index (χ2n) is 5.82. The SMILES string of the molecule is Cc1nc(-c2cccc(Cl)c2)sc1C(=O)NCCNC(=O)c1ccccc1. The number of carbonyl (C=O) groups is 2. The van der Waals surface area contributed by atoms with Gasteiger partial charge in [0.05, 0.1) is 5.69 Å². The zero-order valence-electron chi connectivity index (χ0n) is 14.7. The summed E-state index contributed by atoms with van der Waals surface area (Å²) in [6.07, 6.45) is 0. The van der Waals surface area contributed by atoms with Gasteiger partial charge in [0.25, 0.3) is 11.8 Å². The number of nitrogens with one attached hydrogen (secondary N) is 2. The number of nitrogens with zero attached hydrogens (tertiary/aromatic N) is 1. The van der Waals surface area contributed by atoms with Crippen molar-refractivity contribution in [2.24, 2.45) is 0 Å². The smallest absolute Gasteiger partial charge is 0.263 e. The predicted octanol–water partition coefficient (Wildman–Crippen LogP) is 3.93. The fourth-order valence-corrected chi connectivity index (χ4v) is 3.65. The van der Waals surface area contributed by atoms with Gasteiger partial charge in [0, 0.05) is 29.2 Å². The molecule has 5 nitrogen and oxygen atoms in total. The molecule has 0 aliphatic carbocycles. The first-order chi connectivity index (χ1) is 13.0. The van der Waals surface area contributed by atoms with Crippen LogP contribution < -0.4 is 10.6 Å². The zero-order valence-corrected chi connectivity index (χ0v) is 16.2. The van der Waals surface area contributed by atoms with Crippen molar-refractivity contribution in [1.29, 1.82) is 0 Å². The first kappa shape index (κ1) is 19.1. The van der Waals surface area contributed by atoms with Crippen LogP contribution in [0.25, 0.3) is 10.6 Å².